The third-order valence-corrected chi connectivity index (χ3v) is 18.6. The highest BCUT2D eigenvalue weighted by atomic mass is 35.5. The molecule has 14 heteroatoms. The van der Waals surface area contributed by atoms with Crippen LogP contribution in [0.4, 0.5) is 5.69 Å². The van der Waals surface area contributed by atoms with Gasteiger partial charge < -0.3 is 18.4 Å². The number of rotatable bonds is 10. The summed E-state index contributed by atoms with van der Waals surface area (Å²) in [5, 5.41) is 14.0. The van der Waals surface area contributed by atoms with E-state index in [1.165, 1.54) is 5.39 Å². The summed E-state index contributed by atoms with van der Waals surface area (Å²) in [6, 6.07) is 104. The van der Waals surface area contributed by atoms with Crippen molar-refractivity contribution in [3.8, 4) is 96.6 Å². The Balaban J connectivity index is 0.000000131. The van der Waals surface area contributed by atoms with Crippen LogP contribution in [-0.4, -0.2) is 57.4 Å². The lowest BCUT2D eigenvalue weighted by Gasteiger charge is -2.32. The van der Waals surface area contributed by atoms with Crippen LogP contribution in [0, 0.1) is 17.9 Å². The second-order valence-electron chi connectivity index (χ2n) is 25.3. The summed E-state index contributed by atoms with van der Waals surface area (Å²) in [7, 11) is -0.418. The van der Waals surface area contributed by atoms with E-state index >= 15 is 0 Å². The number of nitrogens with zero attached hydrogens (tertiary/aromatic N) is 10. The fourth-order valence-corrected chi connectivity index (χ4v) is 12.7. The second-order valence-corrected chi connectivity index (χ2v) is 25.6. The van der Waals surface area contributed by atoms with Gasteiger partial charge in [0.25, 0.3) is 0 Å². The predicted octanol–water partition coefficient (Wildman–Crippen LogP) is 20.7. The van der Waals surface area contributed by atoms with Crippen LogP contribution in [0.3, 0.4) is 0 Å². The Kier molecular flexibility index (Phi) is 17.3. The number of hydrogen-bond donors (Lipinski definition) is 0. The topological polar surface area (TPSA) is 134 Å². The molecule has 5 heterocycles. The Bertz CT molecular complexity index is 5620. The molecule has 17 rings (SSSR count). The predicted molar refractivity (Wildman–Crippen MR) is 405 cm³/mol. The lowest BCUT2D eigenvalue weighted by Crippen LogP contribution is -2.41. The van der Waals surface area contributed by atoms with Crippen LogP contribution < -0.4 is 5.46 Å². The fraction of sp³-hybridized carbons (Fsp3) is 0.0698. The van der Waals surface area contributed by atoms with E-state index in [0.717, 1.165) is 105 Å². The van der Waals surface area contributed by atoms with Crippen molar-refractivity contribution in [3.05, 3.63) is 326 Å². The number of fused-ring (bicyclic) bond motifs is 6. The molecule has 16 aromatic rings. The Morgan fingerprint density at radius 3 is 1.05 bits per heavy atom. The summed E-state index contributed by atoms with van der Waals surface area (Å²) < 4.78 is 17.3. The van der Waals surface area contributed by atoms with Crippen LogP contribution in [0.25, 0.3) is 139 Å². The molecule has 0 amide bonds. The lowest BCUT2D eigenvalue weighted by atomic mass is 9.78. The SMILES string of the molecule is Clc1nc(-c2ccccc2)nc(-c2ccccc2)n1.N#Cc1ccc(-c2ccc3c(c2)c2cc(-c4nc(-c5ccccc5)nc(-c5ccccc5)n4)ccc2n3-c2ccccc2)cc1.[C-]#[N+]c1ccc(-c2ccc3c(c2)c2cc(B4OC(C)(C)C(C)(C)O4)ccc2n3-c2ccccc2)cc1. The number of halogens is 1. The standard InChI is InChI=1S/C40H25N5.C31H27BN2O2.C15H10ClN3/c41-26-27-16-18-28(19-17-27)31-20-22-36-34(24-31)35-25-32(21-23-37(35)45(36)33-14-8-3-9-15-33)40-43-38(29-10-4-1-5-11-29)42-39(44-40)30-12-6-2-7-13-30;1-30(2)31(3,4)36-32(35-30)23-14-18-29-27(20-23)26-19-22(21-11-15-24(33-5)16-12-21)13-17-28(26)34(29)25-9-7-6-8-10-25;16-15-18-13(11-7-3-1-4-8-11)17-14(19-15)12-9-5-2-6-10-12/h1-25H;6-20H,1-4H3;1-10H. The number of hydrogen-bond acceptors (Lipinski definition) is 9. The number of benzene rings is 12. The quantitative estimate of drug-likeness (QED) is 0.0969. The Morgan fingerprint density at radius 1 is 0.360 bits per heavy atom. The lowest BCUT2D eigenvalue weighted by molar-refractivity contribution is 0.00578. The first kappa shape index (κ1) is 63.6. The molecule has 4 aromatic heterocycles. The largest absolute Gasteiger partial charge is 0.494 e. The van der Waals surface area contributed by atoms with E-state index in [-0.39, 0.29) is 5.28 Å². The van der Waals surface area contributed by atoms with Gasteiger partial charge >= 0.3 is 7.12 Å². The first-order valence-corrected chi connectivity index (χ1v) is 33.2. The van der Waals surface area contributed by atoms with Gasteiger partial charge in [-0.15, -0.1) is 0 Å². The molecule has 1 aliphatic rings. The van der Waals surface area contributed by atoms with Crippen molar-refractivity contribution in [2.45, 2.75) is 38.9 Å². The smallest absolute Gasteiger partial charge is 0.399 e. The zero-order valence-corrected chi connectivity index (χ0v) is 55.9. The van der Waals surface area contributed by atoms with Gasteiger partial charge in [-0.2, -0.15) is 15.2 Å². The molecule has 1 aliphatic heterocycles. The van der Waals surface area contributed by atoms with E-state index in [1.54, 1.807) is 0 Å². The first-order valence-electron chi connectivity index (χ1n) is 32.9. The number of para-hydroxylation sites is 2. The normalized spacial score (nSPS) is 12.9. The van der Waals surface area contributed by atoms with Gasteiger partial charge in [-0.1, -0.05) is 218 Å². The third kappa shape index (κ3) is 12.8. The fourth-order valence-electron chi connectivity index (χ4n) is 12.6. The molecule has 0 aliphatic carbocycles. The third-order valence-electron chi connectivity index (χ3n) is 18.4. The van der Waals surface area contributed by atoms with E-state index < -0.39 is 18.3 Å². The zero-order valence-electron chi connectivity index (χ0n) is 55.1. The summed E-state index contributed by atoms with van der Waals surface area (Å²) in [5.41, 5.74) is 17.2. The maximum absolute atomic E-state index is 9.29. The van der Waals surface area contributed by atoms with Crippen LogP contribution in [0.15, 0.2) is 303 Å². The molecule has 0 unspecified atom stereocenters. The molecule has 1 saturated heterocycles. The summed E-state index contributed by atoms with van der Waals surface area (Å²) >= 11 is 5.99. The monoisotopic (exact) mass is 1310 g/mol. The van der Waals surface area contributed by atoms with E-state index in [4.69, 9.17) is 42.4 Å². The molecule has 12 nitrogen and oxygen atoms in total. The minimum absolute atomic E-state index is 0.202. The van der Waals surface area contributed by atoms with Crippen molar-refractivity contribution >= 4 is 73.5 Å². The summed E-state index contributed by atoms with van der Waals surface area (Å²) in [4.78, 5) is 31.2. The minimum atomic E-state index is -0.418. The molecular weight excluding hydrogens is 1250 g/mol. The Labute approximate surface area is 584 Å². The highest BCUT2D eigenvalue weighted by Gasteiger charge is 2.51. The van der Waals surface area contributed by atoms with Crippen molar-refractivity contribution in [1.82, 2.24) is 39.0 Å². The maximum Gasteiger partial charge on any atom is 0.494 e. The molecule has 0 saturated carbocycles. The Morgan fingerprint density at radius 2 is 0.670 bits per heavy atom. The molecule has 1 fully saturated rings. The molecule has 0 radical (unpaired) electrons. The van der Waals surface area contributed by atoms with Gasteiger partial charge in [0, 0.05) is 60.7 Å². The highest BCUT2D eigenvalue weighted by Crippen LogP contribution is 2.41. The zero-order chi connectivity index (χ0) is 68.3. The summed E-state index contributed by atoms with van der Waals surface area (Å²) in [6.07, 6.45) is 0. The van der Waals surface area contributed by atoms with Gasteiger partial charge in [-0.05, 0) is 152 Å². The first-order chi connectivity index (χ1) is 48.8. The minimum Gasteiger partial charge on any atom is -0.399 e. The molecule has 12 aromatic carbocycles. The molecule has 100 heavy (non-hydrogen) atoms. The van der Waals surface area contributed by atoms with Crippen molar-refractivity contribution < 1.29 is 9.31 Å². The van der Waals surface area contributed by atoms with E-state index in [1.807, 2.05) is 182 Å². The van der Waals surface area contributed by atoms with Crippen molar-refractivity contribution in [2.75, 3.05) is 0 Å². The summed E-state index contributed by atoms with van der Waals surface area (Å²) in [5.74, 6) is 3.05. The van der Waals surface area contributed by atoms with Gasteiger partial charge in [-0.25, -0.2) is 24.8 Å². The Hall–Kier alpha value is -12.5. The number of nitriles is 1. The van der Waals surface area contributed by atoms with Gasteiger partial charge in [0.05, 0.1) is 51.5 Å². The second kappa shape index (κ2) is 27.2. The van der Waals surface area contributed by atoms with Gasteiger partial charge in [0.15, 0.2) is 34.8 Å². The molecule has 478 valence electrons. The average molecular weight is 1310 g/mol. The molecular formula is C86H62BClN10O2. The van der Waals surface area contributed by atoms with Crippen LogP contribution in [0.2, 0.25) is 5.28 Å². The van der Waals surface area contributed by atoms with Crippen LogP contribution >= 0.6 is 11.6 Å². The van der Waals surface area contributed by atoms with Crippen LogP contribution in [0.1, 0.15) is 33.3 Å². The van der Waals surface area contributed by atoms with E-state index in [0.29, 0.717) is 40.4 Å². The number of aromatic nitrogens is 8. The average Bonchev–Trinajstić information content (AvgIpc) is 1.59. The molecule has 0 bridgehead atoms. The maximum atomic E-state index is 9.29. The van der Waals surface area contributed by atoms with Crippen molar-refractivity contribution in [1.29, 1.82) is 5.26 Å². The van der Waals surface area contributed by atoms with Gasteiger partial charge in [0.1, 0.15) is 0 Å². The highest BCUT2D eigenvalue weighted by molar-refractivity contribution is 6.62. The molecule has 0 atom stereocenters. The van der Waals surface area contributed by atoms with Crippen LogP contribution in [0.5, 0.6) is 0 Å². The summed E-state index contributed by atoms with van der Waals surface area (Å²) in [6.45, 7) is 15.6. The van der Waals surface area contributed by atoms with Gasteiger partial charge in [-0.3, -0.25) is 0 Å². The molecule has 0 N–H and O–H groups in total. The van der Waals surface area contributed by atoms with Crippen molar-refractivity contribution in [2.24, 2.45) is 0 Å². The molecule has 0 spiro atoms. The van der Waals surface area contributed by atoms with Crippen LogP contribution in [-0.2, 0) is 9.31 Å². The van der Waals surface area contributed by atoms with E-state index in [9.17, 15) is 5.26 Å². The van der Waals surface area contributed by atoms with E-state index in [2.05, 4.69) is 184 Å². The van der Waals surface area contributed by atoms with Crippen molar-refractivity contribution in [3.63, 3.8) is 0 Å². The van der Waals surface area contributed by atoms with Gasteiger partial charge in [0.2, 0.25) is 5.28 Å².